The second kappa shape index (κ2) is 4.00. The molecular weight excluding hydrogens is 303 g/mol. The lowest BCUT2D eigenvalue weighted by atomic mass is 10.4. The van der Waals surface area contributed by atoms with Gasteiger partial charge in [-0.2, -0.15) is 5.10 Å². The number of hydrogen-bond donors (Lipinski definition) is 1. The third-order valence-electron chi connectivity index (χ3n) is 1.71. The summed E-state index contributed by atoms with van der Waals surface area (Å²) in [4.78, 5) is 4.05. The van der Waals surface area contributed by atoms with E-state index in [4.69, 9.17) is 28.9 Å². The Balaban J connectivity index is 2.58. The molecule has 78 valence electrons. The van der Waals surface area contributed by atoms with Gasteiger partial charge in [0.05, 0.1) is 20.7 Å². The Kier molecular flexibility index (Phi) is 2.86. The van der Waals surface area contributed by atoms with Gasteiger partial charge in [-0.1, -0.05) is 23.2 Å². The van der Waals surface area contributed by atoms with E-state index in [9.17, 15) is 0 Å². The molecule has 2 aromatic rings. The monoisotopic (exact) mass is 306 g/mol. The van der Waals surface area contributed by atoms with Gasteiger partial charge in [0.15, 0.2) is 5.82 Å². The van der Waals surface area contributed by atoms with Gasteiger partial charge in [-0.3, -0.25) is 0 Å². The molecule has 0 aliphatic carbocycles. The van der Waals surface area contributed by atoms with Crippen LogP contribution in [0.3, 0.4) is 0 Å². The Hall–Kier alpha value is -0.780. The molecule has 7 heteroatoms. The lowest BCUT2D eigenvalue weighted by molar-refractivity contribution is 0.849. The van der Waals surface area contributed by atoms with Crippen molar-refractivity contribution in [1.29, 1.82) is 0 Å². The predicted octanol–water partition coefficient (Wildman–Crippen LogP) is 2.92. The van der Waals surface area contributed by atoms with Crippen molar-refractivity contribution in [1.82, 2.24) is 14.8 Å². The first kappa shape index (κ1) is 10.7. The van der Waals surface area contributed by atoms with E-state index in [0.29, 0.717) is 15.9 Å². The van der Waals surface area contributed by atoms with Crippen molar-refractivity contribution in [2.75, 3.05) is 5.73 Å². The van der Waals surface area contributed by atoms with Crippen LogP contribution < -0.4 is 5.73 Å². The van der Waals surface area contributed by atoms with Crippen LogP contribution in [0.5, 0.6) is 0 Å². The van der Waals surface area contributed by atoms with E-state index in [-0.39, 0.29) is 5.82 Å². The van der Waals surface area contributed by atoms with Crippen molar-refractivity contribution >= 4 is 44.9 Å². The molecule has 0 saturated heterocycles. The van der Waals surface area contributed by atoms with E-state index in [2.05, 4.69) is 26.0 Å². The molecule has 15 heavy (non-hydrogen) atoms. The summed E-state index contributed by atoms with van der Waals surface area (Å²) in [5, 5.41) is 4.76. The number of anilines is 1. The Labute approximate surface area is 104 Å². The lowest BCUT2D eigenvalue weighted by Crippen LogP contribution is -2.02. The van der Waals surface area contributed by atoms with Gasteiger partial charge in [0.1, 0.15) is 5.82 Å². The zero-order valence-corrected chi connectivity index (χ0v) is 10.4. The van der Waals surface area contributed by atoms with Gasteiger partial charge in [0.2, 0.25) is 0 Å². The van der Waals surface area contributed by atoms with Gasteiger partial charge in [0.25, 0.3) is 0 Å². The minimum absolute atomic E-state index is 0.225. The van der Waals surface area contributed by atoms with Gasteiger partial charge in [-0.25, -0.2) is 9.67 Å². The molecule has 0 aliphatic rings. The largest absolute Gasteiger partial charge is 0.382 e. The van der Waals surface area contributed by atoms with Crippen LogP contribution >= 0.6 is 39.1 Å². The van der Waals surface area contributed by atoms with Crippen LogP contribution in [0.15, 0.2) is 22.9 Å². The third kappa shape index (κ3) is 2.09. The SMILES string of the molecule is Nc1nc(-n2cc(Br)cn2)c(Cl)cc1Cl. The summed E-state index contributed by atoms with van der Waals surface area (Å²) >= 11 is 15.0. The maximum absolute atomic E-state index is 5.97. The summed E-state index contributed by atoms with van der Waals surface area (Å²) in [5.41, 5.74) is 5.58. The van der Waals surface area contributed by atoms with Gasteiger partial charge < -0.3 is 5.73 Å². The number of aromatic nitrogens is 3. The van der Waals surface area contributed by atoms with Gasteiger partial charge in [0, 0.05) is 6.20 Å². The third-order valence-corrected chi connectivity index (χ3v) is 2.70. The molecule has 2 aromatic heterocycles. The first-order valence-corrected chi connectivity index (χ1v) is 5.45. The van der Waals surface area contributed by atoms with E-state index < -0.39 is 0 Å². The van der Waals surface area contributed by atoms with Gasteiger partial charge in [-0.15, -0.1) is 0 Å². The zero-order chi connectivity index (χ0) is 11.0. The number of halogens is 3. The Morgan fingerprint density at radius 1 is 1.33 bits per heavy atom. The molecule has 0 atom stereocenters. The Morgan fingerprint density at radius 2 is 2.07 bits per heavy atom. The first-order valence-electron chi connectivity index (χ1n) is 3.90. The maximum atomic E-state index is 5.97. The summed E-state index contributed by atoms with van der Waals surface area (Å²) in [7, 11) is 0. The lowest BCUT2D eigenvalue weighted by Gasteiger charge is -2.05. The van der Waals surface area contributed by atoms with Crippen molar-refractivity contribution in [3.8, 4) is 5.82 Å². The van der Waals surface area contributed by atoms with Crippen LogP contribution in [0.1, 0.15) is 0 Å². The highest BCUT2D eigenvalue weighted by molar-refractivity contribution is 9.10. The average molecular weight is 308 g/mol. The molecule has 0 aliphatic heterocycles. The Bertz CT molecular complexity index is 511. The van der Waals surface area contributed by atoms with Crippen molar-refractivity contribution in [2.24, 2.45) is 0 Å². The smallest absolute Gasteiger partial charge is 0.174 e. The van der Waals surface area contributed by atoms with Crippen molar-refractivity contribution in [3.63, 3.8) is 0 Å². The molecule has 0 amide bonds. The highest BCUT2D eigenvalue weighted by atomic mass is 79.9. The number of hydrogen-bond acceptors (Lipinski definition) is 3. The topological polar surface area (TPSA) is 56.7 Å². The fourth-order valence-electron chi connectivity index (χ4n) is 1.05. The van der Waals surface area contributed by atoms with Crippen molar-refractivity contribution < 1.29 is 0 Å². The van der Waals surface area contributed by atoms with Crippen LogP contribution in [0, 0.1) is 0 Å². The van der Waals surface area contributed by atoms with Crippen LogP contribution in [0.4, 0.5) is 5.82 Å². The number of pyridine rings is 1. The molecule has 0 spiro atoms. The predicted molar refractivity (Wildman–Crippen MR) is 63.5 cm³/mol. The van der Waals surface area contributed by atoms with E-state index in [1.807, 2.05) is 0 Å². The van der Waals surface area contributed by atoms with E-state index >= 15 is 0 Å². The molecule has 0 fully saturated rings. The molecule has 2 rings (SSSR count). The zero-order valence-electron chi connectivity index (χ0n) is 7.28. The second-order valence-corrected chi connectivity index (χ2v) is 4.49. The number of nitrogen functional groups attached to an aromatic ring is 1. The van der Waals surface area contributed by atoms with Crippen molar-refractivity contribution in [2.45, 2.75) is 0 Å². The highest BCUT2D eigenvalue weighted by Gasteiger charge is 2.09. The van der Waals surface area contributed by atoms with Gasteiger partial charge >= 0.3 is 0 Å². The Morgan fingerprint density at radius 3 is 2.67 bits per heavy atom. The van der Waals surface area contributed by atoms with Gasteiger partial charge in [-0.05, 0) is 22.0 Å². The molecular formula is C8H5BrCl2N4. The maximum Gasteiger partial charge on any atom is 0.174 e. The number of rotatable bonds is 1. The van der Waals surface area contributed by atoms with E-state index in [0.717, 1.165) is 4.47 Å². The minimum Gasteiger partial charge on any atom is -0.382 e. The molecule has 2 heterocycles. The fraction of sp³-hybridized carbons (Fsp3) is 0. The summed E-state index contributed by atoms with van der Waals surface area (Å²) in [6.45, 7) is 0. The number of nitrogens with two attached hydrogens (primary N) is 1. The van der Waals surface area contributed by atoms with E-state index in [1.54, 1.807) is 12.4 Å². The van der Waals surface area contributed by atoms with Crippen LogP contribution in [0.25, 0.3) is 5.82 Å². The molecule has 0 radical (unpaired) electrons. The molecule has 0 saturated carbocycles. The summed E-state index contributed by atoms with van der Waals surface area (Å²) < 4.78 is 2.34. The summed E-state index contributed by atoms with van der Waals surface area (Å²) in [6, 6.07) is 1.54. The minimum atomic E-state index is 0.225. The number of nitrogens with zero attached hydrogens (tertiary/aromatic N) is 3. The molecule has 2 N–H and O–H groups in total. The first-order chi connectivity index (χ1) is 7.08. The van der Waals surface area contributed by atoms with Crippen molar-refractivity contribution in [3.05, 3.63) is 33.0 Å². The van der Waals surface area contributed by atoms with Crippen LogP contribution in [0.2, 0.25) is 10.0 Å². The molecule has 0 bridgehead atoms. The summed E-state index contributed by atoms with van der Waals surface area (Å²) in [6.07, 6.45) is 3.35. The highest BCUT2D eigenvalue weighted by Crippen LogP contribution is 2.26. The standard InChI is InChI=1S/C8H5BrCl2N4/c9-4-2-13-15(3-4)8-6(11)1-5(10)7(12)14-8/h1-3H,(H2,12,14). The fourth-order valence-corrected chi connectivity index (χ4v) is 1.78. The van der Waals surface area contributed by atoms with Crippen LogP contribution in [-0.2, 0) is 0 Å². The summed E-state index contributed by atoms with van der Waals surface area (Å²) in [5.74, 6) is 0.673. The molecule has 0 unspecified atom stereocenters. The quantitative estimate of drug-likeness (QED) is 0.881. The van der Waals surface area contributed by atoms with Crippen LogP contribution in [-0.4, -0.2) is 14.8 Å². The normalized spacial score (nSPS) is 10.6. The second-order valence-electron chi connectivity index (χ2n) is 2.76. The van der Waals surface area contributed by atoms with E-state index in [1.165, 1.54) is 10.7 Å². The average Bonchev–Trinajstić information content (AvgIpc) is 2.58. The molecule has 0 aromatic carbocycles. The molecule has 4 nitrogen and oxygen atoms in total.